The first-order chi connectivity index (χ1) is 18.4. The van der Waals surface area contributed by atoms with Crippen LogP contribution < -0.4 is 10.1 Å². The molecule has 0 radical (unpaired) electrons. The molecule has 1 aliphatic heterocycles. The summed E-state index contributed by atoms with van der Waals surface area (Å²) in [6.45, 7) is 9.83. The van der Waals surface area contributed by atoms with Crippen LogP contribution in [0.15, 0.2) is 66.7 Å². The first-order valence-corrected chi connectivity index (χ1v) is 13.7. The maximum atomic E-state index is 12.4. The molecule has 0 spiro atoms. The van der Waals surface area contributed by atoms with E-state index < -0.39 is 0 Å². The Morgan fingerprint density at radius 1 is 1.00 bits per heavy atom. The van der Waals surface area contributed by atoms with E-state index in [1.165, 1.54) is 55.6 Å². The first-order valence-electron chi connectivity index (χ1n) is 13.7. The SMILES string of the molecule is CCCN1CCC(c2cccc(NC(=O)CCc3cccc(OC)c3)c2)CC1.Cc1ccc(C=O)cc1C. The normalized spacial score (nSPS) is 13.8. The third-order valence-corrected chi connectivity index (χ3v) is 7.21. The van der Waals surface area contributed by atoms with E-state index in [1.807, 2.05) is 62.4 Å². The highest BCUT2D eigenvalue weighted by Crippen LogP contribution is 2.29. The summed E-state index contributed by atoms with van der Waals surface area (Å²) in [4.78, 5) is 25.2. The molecule has 0 aromatic heterocycles. The quantitative estimate of drug-likeness (QED) is 0.313. The van der Waals surface area contributed by atoms with Gasteiger partial charge in [-0.05, 0) is 118 Å². The minimum Gasteiger partial charge on any atom is -0.497 e. The number of hydrogen-bond donors (Lipinski definition) is 1. The minimum absolute atomic E-state index is 0.0535. The number of hydrogen-bond acceptors (Lipinski definition) is 4. The number of aldehydes is 1. The van der Waals surface area contributed by atoms with Crippen LogP contribution in [0.1, 0.15) is 71.1 Å². The van der Waals surface area contributed by atoms with Gasteiger partial charge in [-0.2, -0.15) is 0 Å². The summed E-state index contributed by atoms with van der Waals surface area (Å²) in [7, 11) is 1.66. The van der Waals surface area contributed by atoms with Crippen molar-refractivity contribution in [3.8, 4) is 5.75 Å². The van der Waals surface area contributed by atoms with Crippen LogP contribution in [0.5, 0.6) is 5.75 Å². The second kappa shape index (κ2) is 15.1. The van der Waals surface area contributed by atoms with Crippen LogP contribution in [0.25, 0.3) is 0 Å². The molecular formula is C33H42N2O3. The predicted octanol–water partition coefficient (Wildman–Crippen LogP) is 6.97. The monoisotopic (exact) mass is 514 g/mol. The number of piperidine rings is 1. The topological polar surface area (TPSA) is 58.6 Å². The average Bonchev–Trinajstić information content (AvgIpc) is 2.94. The van der Waals surface area contributed by atoms with Crippen LogP contribution in [0.4, 0.5) is 5.69 Å². The summed E-state index contributed by atoms with van der Waals surface area (Å²) in [5, 5.41) is 3.07. The average molecular weight is 515 g/mol. The number of rotatable bonds is 9. The molecule has 5 nitrogen and oxygen atoms in total. The smallest absolute Gasteiger partial charge is 0.224 e. The fourth-order valence-corrected chi connectivity index (χ4v) is 4.82. The Labute approximate surface area is 228 Å². The fraction of sp³-hybridized carbons (Fsp3) is 0.394. The number of nitrogens with zero attached hydrogens (tertiary/aromatic N) is 1. The molecule has 0 bridgehead atoms. The van der Waals surface area contributed by atoms with Gasteiger partial charge in [0.2, 0.25) is 5.91 Å². The van der Waals surface area contributed by atoms with E-state index in [0.29, 0.717) is 18.8 Å². The second-order valence-electron chi connectivity index (χ2n) is 10.1. The van der Waals surface area contributed by atoms with Crippen molar-refractivity contribution in [1.82, 2.24) is 4.90 Å². The Hall–Kier alpha value is -3.44. The van der Waals surface area contributed by atoms with Crippen LogP contribution in [-0.4, -0.2) is 43.8 Å². The van der Waals surface area contributed by atoms with Crippen molar-refractivity contribution in [3.63, 3.8) is 0 Å². The van der Waals surface area contributed by atoms with Gasteiger partial charge in [0, 0.05) is 17.7 Å². The van der Waals surface area contributed by atoms with Gasteiger partial charge in [-0.1, -0.05) is 43.3 Å². The summed E-state index contributed by atoms with van der Waals surface area (Å²) in [5.74, 6) is 1.48. The zero-order valence-corrected chi connectivity index (χ0v) is 23.3. The Bertz CT molecular complexity index is 1180. The minimum atomic E-state index is 0.0535. The van der Waals surface area contributed by atoms with E-state index in [2.05, 4.69) is 35.3 Å². The third-order valence-electron chi connectivity index (χ3n) is 7.21. The summed E-state index contributed by atoms with van der Waals surface area (Å²) in [5.41, 5.74) is 6.52. The van der Waals surface area contributed by atoms with Crippen molar-refractivity contribution in [2.75, 3.05) is 32.1 Å². The van der Waals surface area contributed by atoms with E-state index in [1.54, 1.807) is 7.11 Å². The molecule has 0 unspecified atom stereocenters. The van der Waals surface area contributed by atoms with Crippen molar-refractivity contribution in [2.45, 2.75) is 58.8 Å². The number of nitrogens with one attached hydrogen (secondary N) is 1. The molecule has 38 heavy (non-hydrogen) atoms. The van der Waals surface area contributed by atoms with Gasteiger partial charge in [0.05, 0.1) is 7.11 Å². The molecule has 1 N–H and O–H groups in total. The summed E-state index contributed by atoms with van der Waals surface area (Å²) >= 11 is 0. The number of amides is 1. The molecule has 3 aromatic carbocycles. The van der Waals surface area contributed by atoms with Crippen LogP contribution >= 0.6 is 0 Å². The van der Waals surface area contributed by atoms with E-state index in [4.69, 9.17) is 4.74 Å². The lowest BCUT2D eigenvalue weighted by atomic mass is 9.89. The Kier molecular flexibility index (Phi) is 11.6. The highest BCUT2D eigenvalue weighted by Gasteiger charge is 2.20. The molecule has 0 atom stereocenters. The third kappa shape index (κ3) is 9.14. The predicted molar refractivity (Wildman–Crippen MR) is 156 cm³/mol. The molecule has 0 aliphatic carbocycles. The van der Waals surface area contributed by atoms with Crippen LogP contribution in [-0.2, 0) is 11.2 Å². The molecular weight excluding hydrogens is 472 g/mol. The molecule has 1 aliphatic rings. The van der Waals surface area contributed by atoms with Crippen molar-refractivity contribution in [3.05, 3.63) is 94.5 Å². The molecule has 1 fully saturated rings. The van der Waals surface area contributed by atoms with Gasteiger partial charge < -0.3 is 15.0 Å². The van der Waals surface area contributed by atoms with Gasteiger partial charge in [-0.25, -0.2) is 0 Å². The lowest BCUT2D eigenvalue weighted by molar-refractivity contribution is -0.116. The maximum absolute atomic E-state index is 12.4. The fourth-order valence-electron chi connectivity index (χ4n) is 4.82. The summed E-state index contributed by atoms with van der Waals surface area (Å²) in [6, 6.07) is 22.0. The molecule has 1 heterocycles. The maximum Gasteiger partial charge on any atom is 0.224 e. The summed E-state index contributed by atoms with van der Waals surface area (Å²) < 4.78 is 5.24. The molecule has 3 aromatic rings. The van der Waals surface area contributed by atoms with E-state index in [9.17, 15) is 9.59 Å². The number of aryl methyl sites for hydroxylation is 3. The van der Waals surface area contributed by atoms with Gasteiger partial charge in [0.15, 0.2) is 0 Å². The number of ether oxygens (including phenoxy) is 1. The Morgan fingerprint density at radius 2 is 1.76 bits per heavy atom. The van der Waals surface area contributed by atoms with Gasteiger partial charge in [0.25, 0.3) is 0 Å². The van der Waals surface area contributed by atoms with Gasteiger partial charge in [-0.3, -0.25) is 9.59 Å². The Morgan fingerprint density at radius 3 is 2.45 bits per heavy atom. The van der Waals surface area contributed by atoms with Crippen LogP contribution in [0, 0.1) is 13.8 Å². The number of anilines is 1. The van der Waals surface area contributed by atoms with E-state index >= 15 is 0 Å². The van der Waals surface area contributed by atoms with Gasteiger partial charge in [-0.15, -0.1) is 0 Å². The van der Waals surface area contributed by atoms with Crippen molar-refractivity contribution in [2.24, 2.45) is 0 Å². The van der Waals surface area contributed by atoms with Gasteiger partial charge >= 0.3 is 0 Å². The highest BCUT2D eigenvalue weighted by molar-refractivity contribution is 5.90. The lowest BCUT2D eigenvalue weighted by Gasteiger charge is -2.32. The zero-order chi connectivity index (χ0) is 27.3. The number of carbonyl (C=O) groups is 2. The highest BCUT2D eigenvalue weighted by atomic mass is 16.5. The van der Waals surface area contributed by atoms with E-state index in [-0.39, 0.29) is 5.91 Å². The molecule has 1 saturated heterocycles. The number of carbonyl (C=O) groups excluding carboxylic acids is 2. The largest absolute Gasteiger partial charge is 0.497 e. The zero-order valence-electron chi connectivity index (χ0n) is 23.3. The lowest BCUT2D eigenvalue weighted by Crippen LogP contribution is -2.33. The number of benzene rings is 3. The van der Waals surface area contributed by atoms with Crippen molar-refractivity contribution < 1.29 is 14.3 Å². The molecule has 4 rings (SSSR count). The second-order valence-corrected chi connectivity index (χ2v) is 10.1. The Balaban J connectivity index is 0.000000336. The standard InChI is InChI=1S/C24H32N2O2.C9H10O/c1-3-14-26-15-12-20(13-16-26)21-7-5-8-22(18-21)25-24(27)11-10-19-6-4-9-23(17-19)28-2;1-7-3-4-9(6-10)5-8(7)2/h4-9,17-18,20H,3,10-16H2,1-2H3,(H,25,27);3-6H,1-2H3. The first kappa shape index (κ1) is 29.1. The number of methoxy groups -OCH3 is 1. The summed E-state index contributed by atoms with van der Waals surface area (Å²) in [6.07, 6.45) is 5.67. The number of likely N-dealkylation sites (tertiary alicyclic amines) is 1. The van der Waals surface area contributed by atoms with Crippen LogP contribution in [0.3, 0.4) is 0 Å². The molecule has 0 saturated carbocycles. The molecule has 202 valence electrons. The molecule has 5 heteroatoms. The van der Waals surface area contributed by atoms with Crippen molar-refractivity contribution >= 4 is 17.9 Å². The van der Waals surface area contributed by atoms with E-state index in [0.717, 1.165) is 28.8 Å². The van der Waals surface area contributed by atoms with Crippen molar-refractivity contribution in [1.29, 1.82) is 0 Å². The van der Waals surface area contributed by atoms with Gasteiger partial charge in [0.1, 0.15) is 12.0 Å². The van der Waals surface area contributed by atoms with Crippen LogP contribution in [0.2, 0.25) is 0 Å². The molecule has 1 amide bonds.